The molecule has 1 aliphatic heterocycles. The summed E-state index contributed by atoms with van der Waals surface area (Å²) >= 11 is 0. The number of rotatable bonds is 1. The van der Waals surface area contributed by atoms with Crippen LogP contribution in [0.15, 0.2) is 24.3 Å². The lowest BCUT2D eigenvalue weighted by atomic mass is 9.95. The van der Waals surface area contributed by atoms with Gasteiger partial charge in [-0.1, -0.05) is 24.3 Å². The molecule has 0 radical (unpaired) electrons. The van der Waals surface area contributed by atoms with Crippen molar-refractivity contribution in [3.8, 4) is 0 Å². The summed E-state index contributed by atoms with van der Waals surface area (Å²) in [6.07, 6.45) is -0.477. The number of ether oxygens (including phenoxy) is 1. The minimum absolute atomic E-state index is 0.324. The molecule has 1 heterocycles. The Morgan fingerprint density at radius 3 is 3.00 bits per heavy atom. The third-order valence-corrected chi connectivity index (χ3v) is 2.42. The number of benzene rings is 1. The maximum absolute atomic E-state index is 12.4. The second kappa shape index (κ2) is 3.44. The zero-order chi connectivity index (χ0) is 9.26. The van der Waals surface area contributed by atoms with Crippen LogP contribution in [0.5, 0.6) is 0 Å². The van der Waals surface area contributed by atoms with Crippen molar-refractivity contribution in [1.82, 2.24) is 0 Å². The molecule has 70 valence electrons. The first-order valence-electron chi connectivity index (χ1n) is 4.34. The molecule has 0 fully saturated rings. The monoisotopic (exact) mass is 181 g/mol. The van der Waals surface area contributed by atoms with Gasteiger partial charge in [-0.2, -0.15) is 0 Å². The summed E-state index contributed by atoms with van der Waals surface area (Å²) < 4.78 is 17.7. The Bertz CT molecular complexity index is 303. The maximum Gasteiger partial charge on any atom is 0.117 e. The Balaban J connectivity index is 2.33. The molecule has 2 N–H and O–H groups in total. The second-order valence-corrected chi connectivity index (χ2v) is 3.23. The summed E-state index contributed by atoms with van der Waals surface area (Å²) in [6, 6.07) is 7.42. The van der Waals surface area contributed by atoms with E-state index in [9.17, 15) is 4.39 Å². The Hall–Kier alpha value is -0.930. The predicted molar refractivity (Wildman–Crippen MR) is 47.9 cm³/mol. The number of hydrogen-bond donors (Lipinski definition) is 1. The highest BCUT2D eigenvalue weighted by molar-refractivity contribution is 5.31. The van der Waals surface area contributed by atoms with Crippen LogP contribution in [0.1, 0.15) is 17.2 Å². The summed E-state index contributed by atoms with van der Waals surface area (Å²) in [5.74, 6) is 0. The molecule has 0 unspecified atom stereocenters. The molecule has 1 aromatic rings. The van der Waals surface area contributed by atoms with Gasteiger partial charge >= 0.3 is 0 Å². The fraction of sp³-hybridized carbons (Fsp3) is 0.400. The average Bonchev–Trinajstić information content (AvgIpc) is 2.19. The van der Waals surface area contributed by atoms with Crippen LogP contribution < -0.4 is 5.73 Å². The van der Waals surface area contributed by atoms with Crippen LogP contribution >= 0.6 is 0 Å². The minimum atomic E-state index is -0.518. The predicted octanol–water partition coefficient (Wildman–Crippen LogP) is 1.55. The highest BCUT2D eigenvalue weighted by Crippen LogP contribution is 2.27. The Morgan fingerprint density at radius 1 is 1.46 bits per heavy atom. The van der Waals surface area contributed by atoms with Gasteiger partial charge < -0.3 is 10.5 Å². The Kier molecular flexibility index (Phi) is 2.29. The molecular formula is C10H12FNO. The SMILES string of the molecule is N[C@H]1c2ccccc2CO[C@H]1CF. The van der Waals surface area contributed by atoms with Crippen LogP contribution in [0.2, 0.25) is 0 Å². The van der Waals surface area contributed by atoms with Crippen molar-refractivity contribution in [3.05, 3.63) is 35.4 Å². The van der Waals surface area contributed by atoms with Crippen LogP contribution in [0.3, 0.4) is 0 Å². The first kappa shape index (κ1) is 8.66. The lowest BCUT2D eigenvalue weighted by molar-refractivity contribution is -0.00557. The zero-order valence-corrected chi connectivity index (χ0v) is 7.24. The van der Waals surface area contributed by atoms with Gasteiger partial charge in [0.05, 0.1) is 12.6 Å². The van der Waals surface area contributed by atoms with Crippen molar-refractivity contribution in [3.63, 3.8) is 0 Å². The van der Waals surface area contributed by atoms with E-state index >= 15 is 0 Å². The number of fused-ring (bicyclic) bond motifs is 1. The largest absolute Gasteiger partial charge is 0.369 e. The fourth-order valence-corrected chi connectivity index (χ4v) is 1.63. The van der Waals surface area contributed by atoms with Crippen molar-refractivity contribution in [2.75, 3.05) is 6.67 Å². The molecular weight excluding hydrogens is 169 g/mol. The standard InChI is InChI=1S/C10H12FNO/c11-5-9-10(12)8-4-2-1-3-7(8)6-13-9/h1-4,9-10H,5-6,12H2/t9-,10-/m0/s1. The van der Waals surface area contributed by atoms with E-state index in [0.717, 1.165) is 11.1 Å². The van der Waals surface area contributed by atoms with Crippen molar-refractivity contribution < 1.29 is 9.13 Å². The van der Waals surface area contributed by atoms with Gasteiger partial charge in [-0.05, 0) is 11.1 Å². The summed E-state index contributed by atoms with van der Waals surface area (Å²) in [7, 11) is 0. The molecule has 0 bridgehead atoms. The molecule has 2 rings (SSSR count). The van der Waals surface area contributed by atoms with E-state index in [4.69, 9.17) is 10.5 Å². The first-order valence-corrected chi connectivity index (χ1v) is 4.34. The lowest BCUT2D eigenvalue weighted by Gasteiger charge is -2.29. The van der Waals surface area contributed by atoms with Crippen LogP contribution in [-0.2, 0) is 11.3 Å². The maximum atomic E-state index is 12.4. The van der Waals surface area contributed by atoms with Crippen molar-refractivity contribution in [1.29, 1.82) is 0 Å². The molecule has 0 saturated heterocycles. The smallest absolute Gasteiger partial charge is 0.117 e. The summed E-state index contributed by atoms with van der Waals surface area (Å²) in [5.41, 5.74) is 7.92. The molecule has 0 aromatic heterocycles. The third kappa shape index (κ3) is 1.45. The number of alkyl halides is 1. The van der Waals surface area contributed by atoms with Gasteiger partial charge in [0.2, 0.25) is 0 Å². The van der Waals surface area contributed by atoms with E-state index in [0.29, 0.717) is 6.61 Å². The van der Waals surface area contributed by atoms with Crippen LogP contribution in [0, 0.1) is 0 Å². The average molecular weight is 181 g/mol. The van der Waals surface area contributed by atoms with E-state index in [-0.39, 0.29) is 6.04 Å². The van der Waals surface area contributed by atoms with Crippen LogP contribution in [-0.4, -0.2) is 12.8 Å². The molecule has 2 nitrogen and oxygen atoms in total. The molecule has 0 amide bonds. The van der Waals surface area contributed by atoms with E-state index in [2.05, 4.69) is 0 Å². The molecule has 0 saturated carbocycles. The lowest BCUT2D eigenvalue weighted by Crippen LogP contribution is -2.35. The van der Waals surface area contributed by atoms with Gasteiger partial charge in [-0.15, -0.1) is 0 Å². The summed E-state index contributed by atoms with van der Waals surface area (Å²) in [4.78, 5) is 0. The van der Waals surface area contributed by atoms with E-state index in [1.165, 1.54) is 0 Å². The second-order valence-electron chi connectivity index (χ2n) is 3.23. The van der Waals surface area contributed by atoms with Crippen molar-refractivity contribution >= 4 is 0 Å². The Labute approximate surface area is 76.5 Å². The van der Waals surface area contributed by atoms with Crippen LogP contribution in [0.4, 0.5) is 4.39 Å². The quantitative estimate of drug-likeness (QED) is 0.713. The number of hydrogen-bond acceptors (Lipinski definition) is 2. The molecule has 1 aromatic carbocycles. The van der Waals surface area contributed by atoms with Gasteiger partial charge in [-0.3, -0.25) is 0 Å². The normalized spacial score (nSPS) is 26.9. The van der Waals surface area contributed by atoms with Gasteiger partial charge in [0, 0.05) is 0 Å². The minimum Gasteiger partial charge on any atom is -0.369 e. The molecule has 0 spiro atoms. The molecule has 3 heteroatoms. The number of nitrogens with two attached hydrogens (primary N) is 1. The van der Waals surface area contributed by atoms with E-state index in [1.807, 2.05) is 24.3 Å². The number of halogens is 1. The molecule has 1 aliphatic rings. The third-order valence-electron chi connectivity index (χ3n) is 2.42. The summed E-state index contributed by atoms with van der Waals surface area (Å²) in [5, 5.41) is 0. The molecule has 2 atom stereocenters. The molecule has 0 aliphatic carbocycles. The van der Waals surface area contributed by atoms with E-state index in [1.54, 1.807) is 0 Å². The van der Waals surface area contributed by atoms with Gasteiger partial charge in [0.25, 0.3) is 0 Å². The summed E-state index contributed by atoms with van der Waals surface area (Å²) in [6.45, 7) is -0.0477. The highest BCUT2D eigenvalue weighted by atomic mass is 19.1. The fourth-order valence-electron chi connectivity index (χ4n) is 1.63. The first-order chi connectivity index (χ1) is 6.33. The molecule has 13 heavy (non-hydrogen) atoms. The van der Waals surface area contributed by atoms with Crippen LogP contribution in [0.25, 0.3) is 0 Å². The van der Waals surface area contributed by atoms with Gasteiger partial charge in [0.15, 0.2) is 0 Å². The Morgan fingerprint density at radius 2 is 2.23 bits per heavy atom. The van der Waals surface area contributed by atoms with Crippen molar-refractivity contribution in [2.45, 2.75) is 18.8 Å². The van der Waals surface area contributed by atoms with Gasteiger partial charge in [-0.25, -0.2) is 4.39 Å². The van der Waals surface area contributed by atoms with Gasteiger partial charge in [0.1, 0.15) is 12.8 Å². The zero-order valence-electron chi connectivity index (χ0n) is 7.24. The van der Waals surface area contributed by atoms with Crippen molar-refractivity contribution in [2.24, 2.45) is 5.73 Å². The highest BCUT2D eigenvalue weighted by Gasteiger charge is 2.26. The topological polar surface area (TPSA) is 35.2 Å². The van der Waals surface area contributed by atoms with E-state index < -0.39 is 12.8 Å².